The fourth-order valence-electron chi connectivity index (χ4n) is 1.44. The van der Waals surface area contributed by atoms with Crippen LogP contribution in [0.1, 0.15) is 20.3 Å². The summed E-state index contributed by atoms with van der Waals surface area (Å²) in [7, 11) is 1.30. The zero-order valence-electron chi connectivity index (χ0n) is 11.7. The Morgan fingerprint density at radius 1 is 1.25 bits per heavy atom. The van der Waals surface area contributed by atoms with E-state index < -0.39 is 5.60 Å². The summed E-state index contributed by atoms with van der Waals surface area (Å²) in [6.45, 7) is 3.50. The van der Waals surface area contributed by atoms with Crippen molar-refractivity contribution in [3.63, 3.8) is 0 Å². The second kappa shape index (κ2) is 7.14. The first-order chi connectivity index (χ1) is 9.35. The first-order valence-electron chi connectivity index (χ1n) is 6.15. The van der Waals surface area contributed by atoms with Crippen molar-refractivity contribution in [1.82, 2.24) is 5.32 Å². The number of ether oxygens (including phenoxy) is 2. The molecular weight excluding hydrogens is 282 g/mol. The molecule has 1 amide bonds. The van der Waals surface area contributed by atoms with E-state index in [1.807, 2.05) is 0 Å². The van der Waals surface area contributed by atoms with Gasteiger partial charge in [0.2, 0.25) is 0 Å². The predicted molar refractivity (Wildman–Crippen MR) is 75.8 cm³/mol. The van der Waals surface area contributed by atoms with Crippen LogP contribution in [-0.2, 0) is 14.3 Å². The predicted octanol–water partition coefficient (Wildman–Crippen LogP) is 2.18. The Morgan fingerprint density at radius 3 is 2.40 bits per heavy atom. The standard InChI is InChI=1S/C14H18ClNO4/c1-14(2,13(18)16-9-8-12(17)19-3)20-11-6-4-10(15)5-7-11/h4-7H,8-9H2,1-3H3,(H,16,18). The number of methoxy groups -OCH3 is 1. The first-order valence-corrected chi connectivity index (χ1v) is 6.52. The van der Waals surface area contributed by atoms with E-state index >= 15 is 0 Å². The van der Waals surface area contributed by atoms with Crippen molar-refractivity contribution in [3.05, 3.63) is 29.3 Å². The molecule has 0 atom stereocenters. The van der Waals surface area contributed by atoms with Crippen molar-refractivity contribution in [2.24, 2.45) is 0 Å². The number of carbonyl (C=O) groups excluding carboxylic acids is 2. The lowest BCUT2D eigenvalue weighted by Crippen LogP contribution is -2.47. The van der Waals surface area contributed by atoms with E-state index in [-0.39, 0.29) is 24.8 Å². The highest BCUT2D eigenvalue weighted by Crippen LogP contribution is 2.20. The maximum Gasteiger partial charge on any atom is 0.307 e. The zero-order chi connectivity index (χ0) is 15.2. The molecule has 6 heteroatoms. The van der Waals surface area contributed by atoms with Gasteiger partial charge in [-0.1, -0.05) is 11.6 Å². The SMILES string of the molecule is COC(=O)CCNC(=O)C(C)(C)Oc1ccc(Cl)cc1. The third kappa shape index (κ3) is 5.09. The van der Waals surface area contributed by atoms with Gasteiger partial charge in [-0.15, -0.1) is 0 Å². The number of benzene rings is 1. The van der Waals surface area contributed by atoms with E-state index in [1.165, 1.54) is 7.11 Å². The average Bonchev–Trinajstić information content (AvgIpc) is 2.40. The summed E-state index contributed by atoms with van der Waals surface area (Å²) in [5.74, 6) is -0.138. The minimum absolute atomic E-state index is 0.124. The third-order valence-corrected chi connectivity index (χ3v) is 2.83. The number of hydrogen-bond acceptors (Lipinski definition) is 4. The molecule has 0 saturated carbocycles. The molecule has 110 valence electrons. The second-order valence-corrected chi connectivity index (χ2v) is 5.08. The summed E-state index contributed by atoms with van der Waals surface area (Å²) in [5, 5.41) is 3.22. The summed E-state index contributed by atoms with van der Waals surface area (Å²) in [5.41, 5.74) is -1.05. The van der Waals surface area contributed by atoms with E-state index in [0.717, 1.165) is 0 Å². The van der Waals surface area contributed by atoms with E-state index in [1.54, 1.807) is 38.1 Å². The Morgan fingerprint density at radius 2 is 1.85 bits per heavy atom. The number of amides is 1. The second-order valence-electron chi connectivity index (χ2n) is 4.65. The Bertz CT molecular complexity index is 471. The molecule has 0 radical (unpaired) electrons. The summed E-state index contributed by atoms with van der Waals surface area (Å²) < 4.78 is 10.1. The van der Waals surface area contributed by atoms with Crippen LogP contribution in [-0.4, -0.2) is 31.1 Å². The van der Waals surface area contributed by atoms with Gasteiger partial charge in [0.1, 0.15) is 5.75 Å². The van der Waals surface area contributed by atoms with E-state index in [0.29, 0.717) is 10.8 Å². The van der Waals surface area contributed by atoms with E-state index in [9.17, 15) is 9.59 Å². The van der Waals surface area contributed by atoms with Gasteiger partial charge in [0.15, 0.2) is 5.60 Å². The average molecular weight is 300 g/mol. The van der Waals surface area contributed by atoms with Crippen molar-refractivity contribution in [2.75, 3.05) is 13.7 Å². The smallest absolute Gasteiger partial charge is 0.307 e. The molecule has 0 aliphatic carbocycles. The number of carbonyl (C=O) groups is 2. The highest BCUT2D eigenvalue weighted by atomic mass is 35.5. The topological polar surface area (TPSA) is 64.6 Å². The van der Waals surface area contributed by atoms with Gasteiger partial charge in [-0.05, 0) is 38.1 Å². The lowest BCUT2D eigenvalue weighted by atomic mass is 10.1. The van der Waals surface area contributed by atoms with Crippen LogP contribution in [0.25, 0.3) is 0 Å². The minimum atomic E-state index is -1.05. The number of hydrogen-bond donors (Lipinski definition) is 1. The van der Waals surface area contributed by atoms with Gasteiger partial charge in [-0.25, -0.2) is 0 Å². The molecule has 0 bridgehead atoms. The normalized spacial score (nSPS) is 10.8. The Hall–Kier alpha value is -1.75. The largest absolute Gasteiger partial charge is 0.478 e. The molecule has 0 heterocycles. The lowest BCUT2D eigenvalue weighted by Gasteiger charge is -2.25. The number of esters is 1. The monoisotopic (exact) mass is 299 g/mol. The van der Waals surface area contributed by atoms with Gasteiger partial charge < -0.3 is 14.8 Å². The van der Waals surface area contributed by atoms with Crippen LogP contribution >= 0.6 is 11.6 Å². The Labute approximate surface area is 123 Å². The fraction of sp³-hybridized carbons (Fsp3) is 0.429. The first kappa shape index (κ1) is 16.3. The summed E-state index contributed by atoms with van der Waals surface area (Å²) in [6.07, 6.45) is 0.124. The summed E-state index contributed by atoms with van der Waals surface area (Å²) in [4.78, 5) is 22.9. The minimum Gasteiger partial charge on any atom is -0.478 e. The highest BCUT2D eigenvalue weighted by Gasteiger charge is 2.29. The van der Waals surface area contributed by atoms with E-state index in [2.05, 4.69) is 10.1 Å². The summed E-state index contributed by atoms with van der Waals surface area (Å²) in [6, 6.07) is 6.74. The number of rotatable bonds is 6. The molecule has 5 nitrogen and oxygen atoms in total. The van der Waals surface area contributed by atoms with Crippen LogP contribution in [0.15, 0.2) is 24.3 Å². The van der Waals surface area contributed by atoms with Crippen molar-refractivity contribution in [2.45, 2.75) is 25.9 Å². The number of nitrogens with one attached hydrogen (secondary N) is 1. The molecule has 0 aliphatic heterocycles. The van der Waals surface area contributed by atoms with E-state index in [4.69, 9.17) is 16.3 Å². The molecule has 1 aromatic carbocycles. The molecule has 0 spiro atoms. The van der Waals surface area contributed by atoms with Crippen LogP contribution in [0.2, 0.25) is 5.02 Å². The van der Waals surface area contributed by atoms with Crippen LogP contribution in [0.4, 0.5) is 0 Å². The van der Waals surface area contributed by atoms with Crippen LogP contribution in [0, 0.1) is 0 Å². The Balaban J connectivity index is 2.52. The molecule has 1 N–H and O–H groups in total. The Kier molecular flexibility index (Phi) is 5.82. The van der Waals surface area contributed by atoms with Crippen molar-refractivity contribution in [1.29, 1.82) is 0 Å². The van der Waals surface area contributed by atoms with Crippen LogP contribution in [0.3, 0.4) is 0 Å². The quantitative estimate of drug-likeness (QED) is 0.818. The van der Waals surface area contributed by atoms with Crippen LogP contribution < -0.4 is 10.1 Å². The number of halogens is 1. The lowest BCUT2D eigenvalue weighted by molar-refractivity contribution is -0.140. The zero-order valence-corrected chi connectivity index (χ0v) is 12.5. The molecule has 20 heavy (non-hydrogen) atoms. The molecule has 1 aromatic rings. The maximum absolute atomic E-state index is 12.0. The van der Waals surface area contributed by atoms with Crippen molar-refractivity contribution < 1.29 is 19.1 Å². The van der Waals surface area contributed by atoms with Gasteiger partial charge in [0, 0.05) is 11.6 Å². The van der Waals surface area contributed by atoms with Gasteiger partial charge in [0.25, 0.3) is 5.91 Å². The van der Waals surface area contributed by atoms with Crippen molar-refractivity contribution >= 4 is 23.5 Å². The molecule has 0 saturated heterocycles. The molecule has 1 rings (SSSR count). The molecule has 0 fully saturated rings. The molecule has 0 unspecified atom stereocenters. The van der Waals surface area contributed by atoms with Gasteiger partial charge in [-0.2, -0.15) is 0 Å². The molecular formula is C14H18ClNO4. The highest BCUT2D eigenvalue weighted by molar-refractivity contribution is 6.30. The van der Waals surface area contributed by atoms with Gasteiger partial charge in [0.05, 0.1) is 13.5 Å². The van der Waals surface area contributed by atoms with Gasteiger partial charge in [-0.3, -0.25) is 9.59 Å². The maximum atomic E-state index is 12.0. The van der Waals surface area contributed by atoms with Crippen molar-refractivity contribution in [3.8, 4) is 5.75 Å². The molecule has 0 aliphatic rings. The fourth-order valence-corrected chi connectivity index (χ4v) is 1.56. The third-order valence-electron chi connectivity index (χ3n) is 2.58. The van der Waals surface area contributed by atoms with Gasteiger partial charge >= 0.3 is 5.97 Å². The van der Waals surface area contributed by atoms with Crippen LogP contribution in [0.5, 0.6) is 5.75 Å². The molecule has 0 aromatic heterocycles. The summed E-state index contributed by atoms with van der Waals surface area (Å²) >= 11 is 5.78.